The molecule has 2 unspecified atom stereocenters. The zero-order valence-corrected chi connectivity index (χ0v) is 10.6. The number of anilines is 1. The van der Waals surface area contributed by atoms with Crippen molar-refractivity contribution >= 4 is 11.6 Å². The number of hydrogen-bond acceptors (Lipinski definition) is 4. The van der Waals surface area contributed by atoms with E-state index in [4.69, 9.17) is 5.73 Å². The molecule has 2 rings (SSSR count). The molecule has 1 aromatic carbocycles. The molecule has 1 fully saturated rings. The van der Waals surface area contributed by atoms with Gasteiger partial charge in [-0.2, -0.15) is 0 Å². The Labute approximate surface area is 106 Å². The third kappa shape index (κ3) is 2.19. The fourth-order valence-electron chi connectivity index (χ4n) is 2.21. The molecule has 0 aromatic heterocycles. The van der Waals surface area contributed by atoms with Crippen LogP contribution < -0.4 is 5.73 Å². The predicted octanol–water partition coefficient (Wildman–Crippen LogP) is 0.0632. The number of amides is 1. The summed E-state index contributed by atoms with van der Waals surface area (Å²) in [4.78, 5) is 13.7. The standard InChI is InChI=1S/C13H18N2O3/c1-7-3-8(2)10(14)4-9(7)13(18)15-5-11(16)12(17)6-15/h3-4,11-12,16-17H,5-6,14H2,1-2H3. The molecule has 1 aliphatic rings. The van der Waals surface area contributed by atoms with Crippen LogP contribution >= 0.6 is 0 Å². The Bertz CT molecular complexity index is 477. The summed E-state index contributed by atoms with van der Waals surface area (Å²) in [6, 6.07) is 3.52. The van der Waals surface area contributed by atoms with E-state index in [2.05, 4.69) is 0 Å². The molecule has 0 spiro atoms. The Kier molecular flexibility index (Phi) is 3.28. The Morgan fingerprint density at radius 3 is 2.33 bits per heavy atom. The minimum Gasteiger partial charge on any atom is -0.398 e. The number of aliphatic hydroxyl groups is 2. The normalized spacial score (nSPS) is 23.4. The average molecular weight is 250 g/mol. The van der Waals surface area contributed by atoms with Gasteiger partial charge in [-0.1, -0.05) is 6.07 Å². The first-order valence-corrected chi connectivity index (χ1v) is 5.92. The van der Waals surface area contributed by atoms with Crippen LogP contribution in [0.5, 0.6) is 0 Å². The van der Waals surface area contributed by atoms with E-state index in [0.29, 0.717) is 11.3 Å². The van der Waals surface area contributed by atoms with Gasteiger partial charge in [0.1, 0.15) is 0 Å². The summed E-state index contributed by atoms with van der Waals surface area (Å²) < 4.78 is 0. The van der Waals surface area contributed by atoms with E-state index >= 15 is 0 Å². The quantitative estimate of drug-likeness (QED) is 0.615. The van der Waals surface area contributed by atoms with Gasteiger partial charge >= 0.3 is 0 Å². The lowest BCUT2D eigenvalue weighted by Gasteiger charge is -2.17. The molecule has 1 aromatic rings. The summed E-state index contributed by atoms with van der Waals surface area (Å²) in [5.41, 5.74) is 8.70. The number of nitrogens with two attached hydrogens (primary N) is 1. The van der Waals surface area contributed by atoms with Crippen LogP contribution in [0.15, 0.2) is 12.1 Å². The minimum atomic E-state index is -0.864. The highest BCUT2D eigenvalue weighted by molar-refractivity contribution is 5.97. The van der Waals surface area contributed by atoms with Gasteiger partial charge in [-0.15, -0.1) is 0 Å². The summed E-state index contributed by atoms with van der Waals surface area (Å²) in [6.07, 6.45) is -1.73. The van der Waals surface area contributed by atoms with Crippen LogP contribution in [-0.2, 0) is 0 Å². The van der Waals surface area contributed by atoms with Gasteiger partial charge in [-0.05, 0) is 31.0 Å². The Morgan fingerprint density at radius 1 is 1.22 bits per heavy atom. The van der Waals surface area contributed by atoms with Crippen LogP contribution in [0.25, 0.3) is 0 Å². The topological polar surface area (TPSA) is 86.8 Å². The maximum atomic E-state index is 12.3. The van der Waals surface area contributed by atoms with Crippen LogP contribution in [0, 0.1) is 13.8 Å². The molecule has 2 atom stereocenters. The lowest BCUT2D eigenvalue weighted by Crippen LogP contribution is -2.30. The number of carbonyl (C=O) groups is 1. The highest BCUT2D eigenvalue weighted by Gasteiger charge is 2.33. The molecular formula is C13H18N2O3. The van der Waals surface area contributed by atoms with Gasteiger partial charge in [-0.25, -0.2) is 0 Å². The van der Waals surface area contributed by atoms with Crippen molar-refractivity contribution in [2.75, 3.05) is 18.8 Å². The minimum absolute atomic E-state index is 0.160. The van der Waals surface area contributed by atoms with Gasteiger partial charge < -0.3 is 20.8 Å². The average Bonchev–Trinajstić information content (AvgIpc) is 2.63. The van der Waals surface area contributed by atoms with Crippen molar-refractivity contribution in [1.29, 1.82) is 0 Å². The second-order valence-electron chi connectivity index (χ2n) is 4.87. The third-order valence-corrected chi connectivity index (χ3v) is 3.39. The molecule has 4 N–H and O–H groups in total. The highest BCUT2D eigenvalue weighted by atomic mass is 16.3. The van der Waals surface area contributed by atoms with Gasteiger partial charge in [0.2, 0.25) is 0 Å². The molecule has 5 nitrogen and oxygen atoms in total. The third-order valence-electron chi connectivity index (χ3n) is 3.39. The van der Waals surface area contributed by atoms with Crippen molar-refractivity contribution in [3.05, 3.63) is 28.8 Å². The van der Waals surface area contributed by atoms with E-state index in [1.54, 1.807) is 6.07 Å². The number of nitrogen functional groups attached to an aromatic ring is 1. The maximum Gasteiger partial charge on any atom is 0.254 e. The molecule has 0 saturated carbocycles. The van der Waals surface area contributed by atoms with E-state index in [9.17, 15) is 15.0 Å². The summed E-state index contributed by atoms with van der Waals surface area (Å²) in [6.45, 7) is 4.06. The lowest BCUT2D eigenvalue weighted by molar-refractivity contribution is 0.0572. The number of benzene rings is 1. The number of aliphatic hydroxyl groups excluding tert-OH is 2. The van der Waals surface area contributed by atoms with Gasteiger partial charge in [0, 0.05) is 24.3 Å². The highest BCUT2D eigenvalue weighted by Crippen LogP contribution is 2.21. The Balaban J connectivity index is 2.27. The van der Waals surface area contributed by atoms with E-state index < -0.39 is 12.2 Å². The van der Waals surface area contributed by atoms with Gasteiger partial charge in [-0.3, -0.25) is 4.79 Å². The van der Waals surface area contributed by atoms with Crippen molar-refractivity contribution < 1.29 is 15.0 Å². The molecule has 0 radical (unpaired) electrons. The van der Waals surface area contributed by atoms with Crippen LogP contribution in [0.4, 0.5) is 5.69 Å². The first-order chi connectivity index (χ1) is 8.40. The van der Waals surface area contributed by atoms with Crippen molar-refractivity contribution in [1.82, 2.24) is 4.90 Å². The monoisotopic (exact) mass is 250 g/mol. The molecule has 1 heterocycles. The van der Waals surface area contributed by atoms with Crippen LogP contribution in [0.2, 0.25) is 0 Å². The molecule has 5 heteroatoms. The molecule has 1 aliphatic heterocycles. The van der Waals surface area contributed by atoms with Crippen molar-refractivity contribution in [3.63, 3.8) is 0 Å². The molecule has 0 aliphatic carbocycles. The Hall–Kier alpha value is -1.59. The number of carbonyl (C=O) groups excluding carboxylic acids is 1. The van der Waals surface area contributed by atoms with Crippen molar-refractivity contribution in [3.8, 4) is 0 Å². The van der Waals surface area contributed by atoms with E-state index in [1.165, 1.54) is 4.90 Å². The zero-order valence-electron chi connectivity index (χ0n) is 10.6. The summed E-state index contributed by atoms with van der Waals surface area (Å²) >= 11 is 0. The summed E-state index contributed by atoms with van der Waals surface area (Å²) in [5, 5.41) is 18.9. The number of aryl methyl sites for hydroxylation is 2. The second kappa shape index (κ2) is 4.59. The molecular weight excluding hydrogens is 232 g/mol. The van der Waals surface area contributed by atoms with Crippen LogP contribution in [0.1, 0.15) is 21.5 Å². The second-order valence-corrected chi connectivity index (χ2v) is 4.87. The van der Waals surface area contributed by atoms with Gasteiger partial charge in [0.15, 0.2) is 0 Å². The first kappa shape index (κ1) is 12.9. The largest absolute Gasteiger partial charge is 0.398 e. The molecule has 1 amide bonds. The number of hydrogen-bond donors (Lipinski definition) is 3. The predicted molar refractivity (Wildman–Crippen MR) is 68.2 cm³/mol. The summed E-state index contributed by atoms with van der Waals surface area (Å²) in [7, 11) is 0. The van der Waals surface area contributed by atoms with Crippen LogP contribution in [0.3, 0.4) is 0 Å². The fraction of sp³-hybridized carbons (Fsp3) is 0.462. The molecule has 98 valence electrons. The first-order valence-electron chi connectivity index (χ1n) is 5.92. The van der Waals surface area contributed by atoms with Crippen molar-refractivity contribution in [2.45, 2.75) is 26.1 Å². The fourth-order valence-corrected chi connectivity index (χ4v) is 2.21. The summed E-state index contributed by atoms with van der Waals surface area (Å²) in [5.74, 6) is -0.199. The van der Waals surface area contributed by atoms with Crippen molar-refractivity contribution in [2.24, 2.45) is 0 Å². The number of rotatable bonds is 1. The molecule has 18 heavy (non-hydrogen) atoms. The molecule has 1 saturated heterocycles. The van der Waals surface area contributed by atoms with E-state index in [0.717, 1.165) is 11.1 Å². The molecule has 0 bridgehead atoms. The van der Waals surface area contributed by atoms with Gasteiger partial charge in [0.25, 0.3) is 5.91 Å². The SMILES string of the molecule is Cc1cc(C)c(C(=O)N2CC(O)C(O)C2)cc1N. The number of likely N-dealkylation sites (tertiary alicyclic amines) is 1. The van der Waals surface area contributed by atoms with Crippen LogP contribution in [-0.4, -0.2) is 46.3 Å². The Morgan fingerprint density at radius 2 is 1.78 bits per heavy atom. The van der Waals surface area contributed by atoms with E-state index in [-0.39, 0.29) is 19.0 Å². The van der Waals surface area contributed by atoms with Gasteiger partial charge in [0.05, 0.1) is 12.2 Å². The zero-order chi connectivity index (χ0) is 13.4. The lowest BCUT2D eigenvalue weighted by atomic mass is 10.0. The smallest absolute Gasteiger partial charge is 0.254 e. The maximum absolute atomic E-state index is 12.3. The number of β-amino-alcohol motifs (C(OH)–C–C–N with tert-alkyl or cyclic N) is 2. The number of nitrogens with zero attached hydrogens (tertiary/aromatic N) is 1. The van der Waals surface area contributed by atoms with E-state index in [1.807, 2.05) is 19.9 Å².